The molecule has 236 valence electrons. The quantitative estimate of drug-likeness (QED) is 0.266. The van der Waals surface area contributed by atoms with E-state index in [1.165, 1.54) is 4.57 Å². The minimum absolute atomic E-state index is 0.00648. The van der Waals surface area contributed by atoms with Crippen molar-refractivity contribution in [2.24, 2.45) is 0 Å². The lowest BCUT2D eigenvalue weighted by atomic mass is 10.1. The molecule has 46 heavy (non-hydrogen) atoms. The highest BCUT2D eigenvalue weighted by Gasteiger charge is 2.36. The number of carboxylic acid groups (broad SMARTS) is 1. The topological polar surface area (TPSA) is 143 Å². The fourth-order valence-electron chi connectivity index (χ4n) is 5.75. The molecule has 2 atom stereocenters. The summed E-state index contributed by atoms with van der Waals surface area (Å²) in [6, 6.07) is 20.8. The van der Waals surface area contributed by atoms with Crippen molar-refractivity contribution < 1.29 is 34.0 Å². The Morgan fingerprint density at radius 1 is 0.978 bits per heavy atom. The second-order valence-electron chi connectivity index (χ2n) is 11.3. The van der Waals surface area contributed by atoms with Crippen LogP contribution in [0, 0.1) is 18.3 Å². The van der Waals surface area contributed by atoms with Crippen molar-refractivity contribution >= 4 is 5.97 Å². The van der Waals surface area contributed by atoms with E-state index in [0.717, 1.165) is 16.7 Å². The van der Waals surface area contributed by atoms with Gasteiger partial charge in [0.25, 0.3) is 5.56 Å². The lowest BCUT2D eigenvalue weighted by Crippen LogP contribution is -2.35. The van der Waals surface area contributed by atoms with Gasteiger partial charge in [0.15, 0.2) is 11.5 Å². The number of aryl methyl sites for hydroxylation is 1. The van der Waals surface area contributed by atoms with Gasteiger partial charge >= 0.3 is 5.97 Å². The number of ether oxygens (including phenoxy) is 4. The molecular weight excluding hydrogens is 590 g/mol. The average Bonchev–Trinajstić information content (AvgIpc) is 3.44. The highest BCUT2D eigenvalue weighted by Crippen LogP contribution is 2.34. The van der Waals surface area contributed by atoms with Gasteiger partial charge in [-0.25, -0.2) is 0 Å². The molecule has 0 amide bonds. The number of hydrogen-bond acceptors (Lipinski definition) is 9. The molecule has 1 fully saturated rings. The van der Waals surface area contributed by atoms with Crippen molar-refractivity contribution in [2.75, 3.05) is 19.8 Å². The van der Waals surface area contributed by atoms with Crippen LogP contribution >= 0.6 is 0 Å². The SMILES string of the molecule is Cc1cc(CN2CC(O)CC2C(=O)O)c(OCc2cccc(C#N)c2)cc1OCc1cccn(-c2ccc3c(c2)OCCO3)c1=O. The monoisotopic (exact) mass is 623 g/mol. The molecule has 2 aliphatic heterocycles. The Morgan fingerprint density at radius 2 is 1.78 bits per heavy atom. The van der Waals surface area contributed by atoms with Crippen LogP contribution in [-0.4, -0.2) is 57.6 Å². The first-order chi connectivity index (χ1) is 22.3. The summed E-state index contributed by atoms with van der Waals surface area (Å²) < 4.78 is 25.2. The van der Waals surface area contributed by atoms with Gasteiger partial charge in [0.2, 0.25) is 0 Å². The summed E-state index contributed by atoms with van der Waals surface area (Å²) >= 11 is 0. The number of β-amino-alcohol motifs (C(OH)–C–C–N with tert-alkyl or cyclic N) is 1. The summed E-state index contributed by atoms with van der Waals surface area (Å²) in [6.45, 7) is 3.40. The van der Waals surface area contributed by atoms with E-state index in [1.54, 1.807) is 65.7 Å². The zero-order valence-electron chi connectivity index (χ0n) is 25.2. The molecule has 3 heterocycles. The van der Waals surface area contributed by atoms with Crippen molar-refractivity contribution in [3.05, 3.63) is 111 Å². The fraction of sp³-hybridized carbons (Fsp3) is 0.286. The van der Waals surface area contributed by atoms with Crippen LogP contribution in [0.5, 0.6) is 23.0 Å². The van der Waals surface area contributed by atoms with Gasteiger partial charge in [-0.15, -0.1) is 0 Å². The third-order valence-corrected chi connectivity index (χ3v) is 8.06. The van der Waals surface area contributed by atoms with Crippen LogP contribution in [0.3, 0.4) is 0 Å². The van der Waals surface area contributed by atoms with Crippen molar-refractivity contribution in [2.45, 2.75) is 45.2 Å². The molecule has 0 radical (unpaired) electrons. The Balaban J connectivity index is 1.26. The molecule has 1 aromatic heterocycles. The van der Waals surface area contributed by atoms with E-state index < -0.39 is 18.1 Å². The Kier molecular flexibility index (Phi) is 8.92. The Morgan fingerprint density at radius 3 is 2.59 bits per heavy atom. The highest BCUT2D eigenvalue weighted by molar-refractivity contribution is 5.74. The molecule has 1 saturated heterocycles. The summed E-state index contributed by atoms with van der Waals surface area (Å²) in [4.78, 5) is 27.1. The van der Waals surface area contributed by atoms with Gasteiger partial charge in [0, 0.05) is 43.4 Å². The molecule has 4 aromatic rings. The van der Waals surface area contributed by atoms with Crippen molar-refractivity contribution in [3.63, 3.8) is 0 Å². The second-order valence-corrected chi connectivity index (χ2v) is 11.3. The Labute approximate surface area is 265 Å². The number of rotatable bonds is 10. The normalized spacial score (nSPS) is 17.3. The first-order valence-corrected chi connectivity index (χ1v) is 14.9. The van der Waals surface area contributed by atoms with E-state index in [4.69, 9.17) is 18.9 Å². The molecule has 2 aliphatic rings. The molecule has 6 rings (SSSR count). The molecule has 3 aromatic carbocycles. The highest BCUT2D eigenvalue weighted by atomic mass is 16.6. The summed E-state index contributed by atoms with van der Waals surface area (Å²) in [5, 5.41) is 29.2. The molecule has 2 unspecified atom stereocenters. The second kappa shape index (κ2) is 13.4. The number of carboxylic acids is 1. The third-order valence-electron chi connectivity index (χ3n) is 8.06. The van der Waals surface area contributed by atoms with Gasteiger partial charge in [-0.05, 0) is 60.5 Å². The number of nitrogens with zero attached hydrogens (tertiary/aromatic N) is 3. The van der Waals surface area contributed by atoms with Crippen molar-refractivity contribution in [3.8, 4) is 34.8 Å². The molecule has 2 N–H and O–H groups in total. The fourth-order valence-corrected chi connectivity index (χ4v) is 5.75. The molecule has 0 spiro atoms. The number of fused-ring (bicyclic) bond motifs is 1. The summed E-state index contributed by atoms with van der Waals surface area (Å²) in [6.07, 6.45) is 1.09. The van der Waals surface area contributed by atoms with Gasteiger partial charge in [-0.2, -0.15) is 5.26 Å². The zero-order chi connectivity index (χ0) is 32.2. The number of aliphatic hydroxyl groups excluding tert-OH is 1. The molecule has 11 nitrogen and oxygen atoms in total. The number of likely N-dealkylation sites (tertiary alicyclic amines) is 1. The molecular formula is C35H33N3O8. The average molecular weight is 624 g/mol. The molecule has 11 heteroatoms. The number of aliphatic carboxylic acids is 1. The van der Waals surface area contributed by atoms with Crippen LogP contribution < -0.4 is 24.5 Å². The van der Waals surface area contributed by atoms with E-state index in [1.807, 2.05) is 19.1 Å². The minimum Gasteiger partial charge on any atom is -0.488 e. The smallest absolute Gasteiger partial charge is 0.321 e. The Hall–Kier alpha value is -5.31. The number of aliphatic hydroxyl groups is 1. The van der Waals surface area contributed by atoms with Crippen LogP contribution in [0.1, 0.15) is 34.2 Å². The zero-order valence-corrected chi connectivity index (χ0v) is 25.2. The number of hydrogen-bond donors (Lipinski definition) is 2. The molecule has 0 bridgehead atoms. The lowest BCUT2D eigenvalue weighted by molar-refractivity contribution is -0.142. The molecule has 0 saturated carbocycles. The van der Waals surface area contributed by atoms with Crippen LogP contribution in [0.4, 0.5) is 0 Å². The van der Waals surface area contributed by atoms with E-state index in [0.29, 0.717) is 53.0 Å². The van der Waals surface area contributed by atoms with Gasteiger partial charge in [-0.3, -0.25) is 19.1 Å². The van der Waals surface area contributed by atoms with Crippen LogP contribution in [-0.2, 0) is 24.6 Å². The van der Waals surface area contributed by atoms with Crippen molar-refractivity contribution in [1.29, 1.82) is 5.26 Å². The number of pyridine rings is 1. The summed E-state index contributed by atoms with van der Waals surface area (Å²) in [5.74, 6) is 1.19. The van der Waals surface area contributed by atoms with Crippen molar-refractivity contribution in [1.82, 2.24) is 9.47 Å². The van der Waals surface area contributed by atoms with E-state index in [-0.39, 0.29) is 38.3 Å². The predicted molar refractivity (Wildman–Crippen MR) is 166 cm³/mol. The summed E-state index contributed by atoms with van der Waals surface area (Å²) in [7, 11) is 0. The number of carbonyl (C=O) groups is 1. The third kappa shape index (κ3) is 6.68. The predicted octanol–water partition coefficient (Wildman–Crippen LogP) is 3.97. The first kappa shape index (κ1) is 30.7. The lowest BCUT2D eigenvalue weighted by Gasteiger charge is -2.23. The maximum Gasteiger partial charge on any atom is 0.321 e. The maximum atomic E-state index is 13.5. The Bertz CT molecular complexity index is 1860. The molecule has 0 aliphatic carbocycles. The van der Waals surface area contributed by atoms with Gasteiger partial charge in [0.1, 0.15) is 44.0 Å². The first-order valence-electron chi connectivity index (χ1n) is 14.9. The maximum absolute atomic E-state index is 13.5. The van der Waals surface area contributed by atoms with Crippen LogP contribution in [0.25, 0.3) is 5.69 Å². The number of aromatic nitrogens is 1. The largest absolute Gasteiger partial charge is 0.488 e. The van der Waals surface area contributed by atoms with Gasteiger partial charge in [0.05, 0.1) is 29.0 Å². The minimum atomic E-state index is -0.992. The van der Waals surface area contributed by atoms with E-state index in [2.05, 4.69) is 6.07 Å². The van der Waals surface area contributed by atoms with E-state index >= 15 is 0 Å². The van der Waals surface area contributed by atoms with E-state index in [9.17, 15) is 25.1 Å². The van der Waals surface area contributed by atoms with Crippen LogP contribution in [0.15, 0.2) is 77.7 Å². The van der Waals surface area contributed by atoms with Gasteiger partial charge in [-0.1, -0.05) is 12.1 Å². The number of nitriles is 1. The van der Waals surface area contributed by atoms with Crippen LogP contribution in [0.2, 0.25) is 0 Å². The number of benzene rings is 3. The standard InChI is InChI=1S/C35H33N3O8/c1-22-12-26(18-37-19-28(39)15-29(37)35(41)42)32(45-20-24-5-2-4-23(13-24)17-36)16-31(22)46-21-25-6-3-9-38(34(25)40)27-7-8-30-33(14-27)44-11-10-43-30/h2-9,12-14,16,28-29,39H,10-11,15,18-21H2,1H3,(H,41,42). The van der Waals surface area contributed by atoms with Gasteiger partial charge < -0.3 is 29.2 Å². The summed E-state index contributed by atoms with van der Waals surface area (Å²) in [5.41, 5.74) is 3.62.